The van der Waals surface area contributed by atoms with Crippen LogP contribution in [0, 0.1) is 12.7 Å². The first kappa shape index (κ1) is 21.0. The maximum absolute atomic E-state index is 14.6. The third kappa shape index (κ3) is 3.66. The van der Waals surface area contributed by atoms with E-state index < -0.39 is 11.7 Å². The van der Waals surface area contributed by atoms with E-state index in [4.69, 9.17) is 9.47 Å². The van der Waals surface area contributed by atoms with E-state index in [1.165, 1.54) is 37.0 Å². The number of rotatable bonds is 5. The largest absolute Gasteiger partial charge is 0.493 e. The van der Waals surface area contributed by atoms with Gasteiger partial charge < -0.3 is 14.8 Å². The van der Waals surface area contributed by atoms with Crippen LogP contribution in [-0.2, 0) is 0 Å². The number of para-hydroxylation sites is 2. The molecule has 1 heterocycles. The van der Waals surface area contributed by atoms with Gasteiger partial charge in [-0.3, -0.25) is 14.2 Å². The Morgan fingerprint density at radius 3 is 2.56 bits per heavy atom. The molecule has 0 aliphatic carbocycles. The number of nitrogens with zero attached hydrogens (tertiary/aromatic N) is 2. The van der Waals surface area contributed by atoms with E-state index >= 15 is 0 Å². The smallest absolute Gasteiger partial charge is 0.265 e. The number of aryl methyl sites for hydroxylation is 1. The average molecular weight is 433 g/mol. The third-order valence-electron chi connectivity index (χ3n) is 5.05. The van der Waals surface area contributed by atoms with Gasteiger partial charge in [0.2, 0.25) is 0 Å². The van der Waals surface area contributed by atoms with Crippen LogP contribution in [0.25, 0.3) is 16.6 Å². The lowest BCUT2D eigenvalue weighted by Gasteiger charge is -2.15. The van der Waals surface area contributed by atoms with Crippen LogP contribution in [0.1, 0.15) is 16.2 Å². The van der Waals surface area contributed by atoms with Gasteiger partial charge in [-0.25, -0.2) is 9.37 Å². The molecule has 4 rings (SSSR count). The van der Waals surface area contributed by atoms with Gasteiger partial charge in [0.05, 0.1) is 42.1 Å². The van der Waals surface area contributed by atoms with Crippen molar-refractivity contribution in [3.63, 3.8) is 0 Å². The summed E-state index contributed by atoms with van der Waals surface area (Å²) in [6.45, 7) is 1.69. The molecule has 4 aromatic rings. The van der Waals surface area contributed by atoms with E-state index in [1.807, 2.05) is 0 Å². The standard InChI is InChI=1S/C24H20FN3O4/c1-14-26-19-9-5-4-7-16(19)24(30)28(14)15-11-12-18(25)20(13-15)27-23(29)17-8-6-10-21(31-2)22(17)32-3/h4-13H,1-3H3,(H,27,29). The molecule has 8 heteroatoms. The highest BCUT2D eigenvalue weighted by Crippen LogP contribution is 2.31. The number of methoxy groups -OCH3 is 2. The van der Waals surface area contributed by atoms with E-state index in [0.29, 0.717) is 28.2 Å². The van der Waals surface area contributed by atoms with Gasteiger partial charge in [0.1, 0.15) is 11.6 Å². The number of anilines is 1. The minimum Gasteiger partial charge on any atom is -0.493 e. The summed E-state index contributed by atoms with van der Waals surface area (Å²) >= 11 is 0. The fourth-order valence-electron chi connectivity index (χ4n) is 3.55. The zero-order chi connectivity index (χ0) is 22.8. The molecule has 0 spiro atoms. The number of carbonyl (C=O) groups is 1. The van der Waals surface area contributed by atoms with Crippen molar-refractivity contribution >= 4 is 22.5 Å². The Hall–Kier alpha value is -4.20. The van der Waals surface area contributed by atoms with Crippen molar-refractivity contribution in [2.45, 2.75) is 6.92 Å². The zero-order valence-corrected chi connectivity index (χ0v) is 17.7. The van der Waals surface area contributed by atoms with Gasteiger partial charge in [-0.05, 0) is 49.4 Å². The number of ether oxygens (including phenoxy) is 2. The summed E-state index contributed by atoms with van der Waals surface area (Å²) < 4.78 is 26.5. The van der Waals surface area contributed by atoms with Crippen LogP contribution in [-0.4, -0.2) is 29.7 Å². The van der Waals surface area contributed by atoms with Crippen molar-refractivity contribution in [3.05, 3.63) is 88.2 Å². The summed E-state index contributed by atoms with van der Waals surface area (Å²) in [6.07, 6.45) is 0. The van der Waals surface area contributed by atoms with E-state index in [9.17, 15) is 14.0 Å². The molecule has 32 heavy (non-hydrogen) atoms. The van der Waals surface area contributed by atoms with Gasteiger partial charge in [0.25, 0.3) is 11.5 Å². The Kier molecular flexibility index (Phi) is 5.59. The van der Waals surface area contributed by atoms with Crippen molar-refractivity contribution in [2.75, 3.05) is 19.5 Å². The second-order valence-electron chi connectivity index (χ2n) is 6.98. The molecule has 0 atom stereocenters. The molecule has 162 valence electrons. The summed E-state index contributed by atoms with van der Waals surface area (Å²) in [6, 6.07) is 15.9. The van der Waals surface area contributed by atoms with Gasteiger partial charge in [0.15, 0.2) is 11.5 Å². The lowest BCUT2D eigenvalue weighted by molar-refractivity contribution is 0.102. The van der Waals surface area contributed by atoms with E-state index in [1.54, 1.807) is 49.4 Å². The van der Waals surface area contributed by atoms with Gasteiger partial charge in [0, 0.05) is 0 Å². The highest BCUT2D eigenvalue weighted by atomic mass is 19.1. The second-order valence-corrected chi connectivity index (χ2v) is 6.98. The lowest BCUT2D eigenvalue weighted by atomic mass is 10.1. The van der Waals surface area contributed by atoms with E-state index in [-0.39, 0.29) is 22.6 Å². The summed E-state index contributed by atoms with van der Waals surface area (Å²) in [5.74, 6) is -0.193. The fourth-order valence-corrected chi connectivity index (χ4v) is 3.55. The van der Waals surface area contributed by atoms with E-state index in [2.05, 4.69) is 10.3 Å². The molecule has 1 aromatic heterocycles. The Morgan fingerprint density at radius 1 is 1.03 bits per heavy atom. The maximum atomic E-state index is 14.6. The SMILES string of the molecule is COc1cccc(C(=O)Nc2cc(-n3c(C)nc4ccccc4c3=O)ccc2F)c1OC. The summed E-state index contributed by atoms with van der Waals surface area (Å²) in [4.78, 5) is 30.4. The molecule has 0 bridgehead atoms. The Bertz CT molecular complexity index is 1400. The first-order valence-electron chi connectivity index (χ1n) is 9.75. The van der Waals surface area contributed by atoms with Gasteiger partial charge >= 0.3 is 0 Å². The molecular weight excluding hydrogens is 413 g/mol. The molecular formula is C24H20FN3O4. The lowest BCUT2D eigenvalue weighted by Crippen LogP contribution is -2.22. The van der Waals surface area contributed by atoms with Crippen molar-refractivity contribution in [1.82, 2.24) is 9.55 Å². The number of benzene rings is 3. The molecule has 0 unspecified atom stereocenters. The van der Waals surface area contributed by atoms with Crippen LogP contribution in [0.4, 0.5) is 10.1 Å². The second kappa shape index (κ2) is 8.50. The zero-order valence-electron chi connectivity index (χ0n) is 17.7. The molecule has 7 nitrogen and oxygen atoms in total. The molecule has 0 fully saturated rings. The number of amides is 1. The molecule has 0 saturated heterocycles. The fraction of sp³-hybridized carbons (Fsp3) is 0.125. The maximum Gasteiger partial charge on any atom is 0.265 e. The number of hydrogen-bond acceptors (Lipinski definition) is 5. The molecule has 0 aliphatic heterocycles. The van der Waals surface area contributed by atoms with Crippen LogP contribution >= 0.6 is 0 Å². The minimum absolute atomic E-state index is 0.0863. The third-order valence-corrected chi connectivity index (χ3v) is 5.05. The monoisotopic (exact) mass is 433 g/mol. The number of aromatic nitrogens is 2. The predicted octanol–water partition coefficient (Wildman–Crippen LogP) is 4.10. The quantitative estimate of drug-likeness (QED) is 0.512. The van der Waals surface area contributed by atoms with Crippen molar-refractivity contribution < 1.29 is 18.7 Å². The number of fused-ring (bicyclic) bond motifs is 1. The van der Waals surface area contributed by atoms with Crippen LogP contribution in [0.15, 0.2) is 65.5 Å². The topological polar surface area (TPSA) is 82.5 Å². The Labute approximate surface area is 183 Å². The van der Waals surface area contributed by atoms with Crippen LogP contribution in [0.5, 0.6) is 11.5 Å². The summed E-state index contributed by atoms with van der Waals surface area (Å²) in [5.41, 5.74) is 0.757. The average Bonchev–Trinajstić information content (AvgIpc) is 2.80. The summed E-state index contributed by atoms with van der Waals surface area (Å²) in [5, 5.41) is 2.99. The van der Waals surface area contributed by atoms with Crippen LogP contribution < -0.4 is 20.3 Å². The number of carbonyl (C=O) groups excluding carboxylic acids is 1. The van der Waals surface area contributed by atoms with Crippen LogP contribution in [0.2, 0.25) is 0 Å². The number of halogens is 1. The van der Waals surface area contributed by atoms with Crippen molar-refractivity contribution in [3.8, 4) is 17.2 Å². The molecule has 0 aliphatic rings. The summed E-state index contributed by atoms with van der Waals surface area (Å²) in [7, 11) is 2.87. The minimum atomic E-state index is -0.650. The first-order chi connectivity index (χ1) is 15.4. The van der Waals surface area contributed by atoms with Gasteiger partial charge in [-0.2, -0.15) is 0 Å². The van der Waals surface area contributed by atoms with Crippen molar-refractivity contribution in [1.29, 1.82) is 0 Å². The highest BCUT2D eigenvalue weighted by molar-refractivity contribution is 6.07. The Morgan fingerprint density at radius 2 is 1.81 bits per heavy atom. The molecule has 1 N–H and O–H groups in total. The number of nitrogens with one attached hydrogen (secondary N) is 1. The van der Waals surface area contributed by atoms with Gasteiger partial charge in [-0.15, -0.1) is 0 Å². The molecule has 0 saturated carbocycles. The molecule has 3 aromatic carbocycles. The van der Waals surface area contributed by atoms with E-state index in [0.717, 1.165) is 0 Å². The predicted molar refractivity (Wildman–Crippen MR) is 120 cm³/mol. The first-order valence-corrected chi connectivity index (χ1v) is 9.75. The normalized spacial score (nSPS) is 10.8. The molecule has 0 radical (unpaired) electrons. The van der Waals surface area contributed by atoms with Crippen LogP contribution in [0.3, 0.4) is 0 Å². The van der Waals surface area contributed by atoms with Gasteiger partial charge in [-0.1, -0.05) is 18.2 Å². The number of hydrogen-bond donors (Lipinski definition) is 1. The Balaban J connectivity index is 1.76. The molecule has 1 amide bonds. The highest BCUT2D eigenvalue weighted by Gasteiger charge is 2.19. The van der Waals surface area contributed by atoms with Crippen molar-refractivity contribution in [2.24, 2.45) is 0 Å².